The Morgan fingerprint density at radius 2 is 1.95 bits per heavy atom. The van der Waals surface area contributed by atoms with Gasteiger partial charge >= 0.3 is 5.97 Å². The molecule has 1 unspecified atom stereocenters. The summed E-state index contributed by atoms with van der Waals surface area (Å²) in [7, 11) is 0. The van der Waals surface area contributed by atoms with E-state index in [-0.39, 0.29) is 12.4 Å². The fourth-order valence-electron chi connectivity index (χ4n) is 1.57. The third-order valence-corrected chi connectivity index (χ3v) is 3.08. The molecule has 2 rings (SSSR count). The molecular weight excluding hydrogens is 343 g/mol. The van der Waals surface area contributed by atoms with Crippen molar-refractivity contribution in [1.82, 2.24) is 0 Å². The summed E-state index contributed by atoms with van der Waals surface area (Å²) in [4.78, 5) is 11.2. The monoisotopic (exact) mass is 354 g/mol. The van der Waals surface area contributed by atoms with E-state index in [9.17, 15) is 9.18 Å². The molecule has 0 aliphatic heterocycles. The maximum absolute atomic E-state index is 13.6. The molecule has 110 valence electrons. The van der Waals surface area contributed by atoms with Crippen LogP contribution in [-0.2, 0) is 4.79 Å². The van der Waals surface area contributed by atoms with Crippen molar-refractivity contribution in [3.05, 3.63) is 58.8 Å². The highest BCUT2D eigenvalue weighted by Gasteiger charge is 2.22. The van der Waals surface area contributed by atoms with Crippen molar-refractivity contribution in [3.63, 3.8) is 0 Å². The van der Waals surface area contributed by atoms with E-state index in [0.717, 1.165) is 0 Å². The molecule has 0 aliphatic rings. The van der Waals surface area contributed by atoms with Crippen molar-refractivity contribution >= 4 is 21.9 Å². The van der Waals surface area contributed by atoms with Gasteiger partial charge in [-0.05, 0) is 30.3 Å². The van der Waals surface area contributed by atoms with E-state index < -0.39 is 17.9 Å². The summed E-state index contributed by atoms with van der Waals surface area (Å²) < 4.78 is 24.7. The number of carboxylic acids is 1. The van der Waals surface area contributed by atoms with Crippen LogP contribution in [0.3, 0.4) is 0 Å². The second kappa shape index (κ2) is 7.08. The number of carbonyl (C=O) groups is 1. The number of hydrogen-bond donors (Lipinski definition) is 1. The van der Waals surface area contributed by atoms with Crippen LogP contribution < -0.4 is 9.47 Å². The van der Waals surface area contributed by atoms with E-state index in [1.807, 2.05) is 6.07 Å². The lowest BCUT2D eigenvalue weighted by Crippen LogP contribution is -2.33. The molecule has 0 aliphatic carbocycles. The molecule has 4 nitrogen and oxygen atoms in total. The minimum Gasteiger partial charge on any atom is -0.489 e. The number of aliphatic carboxylic acids is 1. The summed E-state index contributed by atoms with van der Waals surface area (Å²) in [5.41, 5.74) is 0. The molecule has 1 N–H and O–H groups in total. The van der Waals surface area contributed by atoms with Crippen LogP contribution in [0.4, 0.5) is 4.39 Å². The topological polar surface area (TPSA) is 55.8 Å². The first-order valence-corrected chi connectivity index (χ1v) is 6.88. The highest BCUT2D eigenvalue weighted by Crippen LogP contribution is 2.22. The first-order valence-electron chi connectivity index (χ1n) is 6.08. The zero-order chi connectivity index (χ0) is 15.2. The lowest BCUT2D eigenvalue weighted by atomic mass is 10.3. The second-order valence-electron chi connectivity index (χ2n) is 4.14. The normalized spacial score (nSPS) is 11.7. The molecule has 0 fully saturated rings. The average molecular weight is 355 g/mol. The van der Waals surface area contributed by atoms with E-state index >= 15 is 0 Å². The average Bonchev–Trinajstić information content (AvgIpc) is 2.46. The number of para-hydroxylation sites is 1. The highest BCUT2D eigenvalue weighted by atomic mass is 79.9. The Balaban J connectivity index is 2.04. The molecule has 1 atom stereocenters. The zero-order valence-electron chi connectivity index (χ0n) is 10.8. The first kappa shape index (κ1) is 15.3. The fraction of sp³-hybridized carbons (Fsp3) is 0.133. The summed E-state index contributed by atoms with van der Waals surface area (Å²) in [5.74, 6) is -1.49. The molecule has 2 aromatic carbocycles. The van der Waals surface area contributed by atoms with Gasteiger partial charge < -0.3 is 14.6 Å². The summed E-state index contributed by atoms with van der Waals surface area (Å²) in [5, 5.41) is 9.12. The molecule has 0 spiro atoms. The van der Waals surface area contributed by atoms with E-state index in [0.29, 0.717) is 10.2 Å². The number of halogens is 2. The van der Waals surface area contributed by atoms with Gasteiger partial charge in [-0.25, -0.2) is 9.18 Å². The van der Waals surface area contributed by atoms with E-state index in [4.69, 9.17) is 14.6 Å². The molecule has 0 amide bonds. The van der Waals surface area contributed by atoms with Crippen LogP contribution in [0.25, 0.3) is 0 Å². The summed E-state index contributed by atoms with van der Waals surface area (Å²) >= 11 is 3.12. The predicted molar refractivity (Wildman–Crippen MR) is 78.1 cm³/mol. The van der Waals surface area contributed by atoms with Crippen LogP contribution in [0.5, 0.6) is 11.5 Å². The van der Waals surface area contributed by atoms with Gasteiger partial charge in [-0.15, -0.1) is 0 Å². The molecule has 0 aromatic heterocycles. The number of carboxylic acid groups (broad SMARTS) is 1. The Morgan fingerprint density at radius 3 is 2.57 bits per heavy atom. The van der Waals surface area contributed by atoms with Crippen molar-refractivity contribution in [3.8, 4) is 11.5 Å². The van der Waals surface area contributed by atoms with E-state index in [1.54, 1.807) is 30.3 Å². The molecule has 0 saturated heterocycles. The minimum atomic E-state index is -1.30. The maximum Gasteiger partial charge on any atom is 0.348 e. The van der Waals surface area contributed by atoms with Gasteiger partial charge in [-0.1, -0.05) is 34.1 Å². The van der Waals surface area contributed by atoms with Crippen LogP contribution in [0.15, 0.2) is 53.0 Å². The van der Waals surface area contributed by atoms with Gasteiger partial charge in [0.15, 0.2) is 11.6 Å². The van der Waals surface area contributed by atoms with Gasteiger partial charge in [0.05, 0.1) is 0 Å². The van der Waals surface area contributed by atoms with Crippen LogP contribution in [0, 0.1) is 5.82 Å². The summed E-state index contributed by atoms with van der Waals surface area (Å²) in [6.07, 6.45) is -1.30. The van der Waals surface area contributed by atoms with E-state index in [1.165, 1.54) is 12.1 Å². The van der Waals surface area contributed by atoms with Crippen LogP contribution >= 0.6 is 15.9 Å². The maximum atomic E-state index is 13.6. The van der Waals surface area contributed by atoms with Gasteiger partial charge in [0.1, 0.15) is 12.4 Å². The van der Waals surface area contributed by atoms with Gasteiger partial charge in [-0.2, -0.15) is 0 Å². The second-order valence-corrected chi connectivity index (χ2v) is 5.06. The summed E-state index contributed by atoms with van der Waals surface area (Å²) in [6.45, 7) is -0.227. The van der Waals surface area contributed by atoms with Crippen LogP contribution in [0.1, 0.15) is 0 Å². The zero-order valence-corrected chi connectivity index (χ0v) is 12.4. The number of ether oxygens (including phenoxy) is 2. The Hall–Kier alpha value is -2.08. The van der Waals surface area contributed by atoms with Crippen molar-refractivity contribution in [1.29, 1.82) is 0 Å². The SMILES string of the molecule is O=C(O)C(COc1ccccc1)Oc1ccc(Br)cc1F. The van der Waals surface area contributed by atoms with Gasteiger partial charge in [0.2, 0.25) is 6.10 Å². The number of hydrogen-bond acceptors (Lipinski definition) is 3. The molecule has 2 aromatic rings. The number of rotatable bonds is 6. The molecule has 0 heterocycles. The van der Waals surface area contributed by atoms with Crippen molar-refractivity contribution in [2.45, 2.75) is 6.10 Å². The Labute approximate surface area is 129 Å². The molecule has 21 heavy (non-hydrogen) atoms. The molecule has 0 radical (unpaired) electrons. The fourth-order valence-corrected chi connectivity index (χ4v) is 1.90. The largest absolute Gasteiger partial charge is 0.489 e. The Morgan fingerprint density at radius 1 is 1.24 bits per heavy atom. The predicted octanol–water partition coefficient (Wildman–Crippen LogP) is 3.50. The third kappa shape index (κ3) is 4.46. The van der Waals surface area contributed by atoms with Crippen molar-refractivity contribution in [2.24, 2.45) is 0 Å². The molecule has 0 bridgehead atoms. The van der Waals surface area contributed by atoms with E-state index in [2.05, 4.69) is 15.9 Å². The molecular formula is C15H12BrFO4. The Bertz CT molecular complexity index is 618. The Kier molecular flexibility index (Phi) is 5.16. The van der Waals surface area contributed by atoms with Crippen LogP contribution in [-0.4, -0.2) is 23.8 Å². The molecule has 0 saturated carbocycles. The van der Waals surface area contributed by atoms with Crippen LogP contribution in [0.2, 0.25) is 0 Å². The van der Waals surface area contributed by atoms with Crippen molar-refractivity contribution < 1.29 is 23.8 Å². The van der Waals surface area contributed by atoms with Gasteiger partial charge in [-0.3, -0.25) is 0 Å². The quantitative estimate of drug-likeness (QED) is 0.862. The number of benzene rings is 2. The highest BCUT2D eigenvalue weighted by molar-refractivity contribution is 9.10. The smallest absolute Gasteiger partial charge is 0.348 e. The lowest BCUT2D eigenvalue weighted by molar-refractivity contribution is -0.146. The first-order chi connectivity index (χ1) is 10.1. The standard InChI is InChI=1S/C15H12BrFO4/c16-10-6-7-13(12(17)8-10)21-14(15(18)19)9-20-11-4-2-1-3-5-11/h1-8,14H,9H2,(H,18,19). The van der Waals surface area contributed by atoms with Gasteiger partial charge in [0.25, 0.3) is 0 Å². The lowest BCUT2D eigenvalue weighted by Gasteiger charge is -2.16. The summed E-state index contributed by atoms with van der Waals surface area (Å²) in [6, 6.07) is 12.9. The third-order valence-electron chi connectivity index (χ3n) is 2.58. The molecule has 6 heteroatoms. The minimum absolute atomic E-state index is 0.137. The van der Waals surface area contributed by atoms with Gasteiger partial charge in [0, 0.05) is 4.47 Å². The van der Waals surface area contributed by atoms with Crippen molar-refractivity contribution in [2.75, 3.05) is 6.61 Å².